The van der Waals surface area contributed by atoms with Crippen LogP contribution in [-0.2, 0) is 14.4 Å². The molecule has 0 saturated carbocycles. The highest BCUT2D eigenvalue weighted by Gasteiger charge is 1.99. The average molecular weight is 215 g/mol. The number of carbonyl (C=O) groups excluding carboxylic acids is 2. The number of carbonyl (C=O) groups is 3. The van der Waals surface area contributed by atoms with Crippen LogP contribution in [0.1, 0.15) is 20.8 Å². The van der Waals surface area contributed by atoms with Gasteiger partial charge in [0.15, 0.2) is 0 Å². The van der Waals surface area contributed by atoms with Gasteiger partial charge in [0.25, 0.3) is 0 Å². The largest absolute Gasteiger partial charge is 0.481 e. The molecule has 0 spiro atoms. The number of aldehydes is 1. The van der Waals surface area contributed by atoms with Gasteiger partial charge in [0.05, 0.1) is 12.5 Å². The van der Waals surface area contributed by atoms with Gasteiger partial charge < -0.3 is 15.2 Å². The number of hydrogen-bond donors (Lipinski definition) is 2. The van der Waals surface area contributed by atoms with Crippen LogP contribution in [0.3, 0.4) is 0 Å². The molecule has 0 aliphatic rings. The number of amides is 1. The van der Waals surface area contributed by atoms with Gasteiger partial charge in [0.2, 0.25) is 5.91 Å². The van der Waals surface area contributed by atoms with E-state index in [9.17, 15) is 14.4 Å². The second-order valence-electron chi connectivity index (χ2n) is 3.15. The molecule has 0 atom stereocenters. The summed E-state index contributed by atoms with van der Waals surface area (Å²) in [6, 6.07) is 0. The molecular formula is C10H17NO4. The van der Waals surface area contributed by atoms with Crippen LogP contribution in [0.25, 0.3) is 0 Å². The van der Waals surface area contributed by atoms with Crippen molar-refractivity contribution >= 4 is 18.2 Å². The second kappa shape index (κ2) is 8.93. The quantitative estimate of drug-likeness (QED) is 0.531. The lowest BCUT2D eigenvalue weighted by Crippen LogP contribution is -2.25. The van der Waals surface area contributed by atoms with E-state index in [-0.39, 0.29) is 18.4 Å². The Labute approximate surface area is 89.2 Å². The molecule has 0 unspecified atom stereocenters. The molecule has 0 aromatic heterocycles. The van der Waals surface area contributed by atoms with Crippen molar-refractivity contribution in [2.75, 3.05) is 6.54 Å². The maximum absolute atomic E-state index is 10.5. The predicted octanol–water partition coefficient (Wildman–Crippen LogP) is 0.605. The average Bonchev–Trinajstić information content (AvgIpc) is 2.14. The van der Waals surface area contributed by atoms with Crippen LogP contribution in [0.15, 0.2) is 12.2 Å². The number of carboxylic acid groups (broad SMARTS) is 1. The molecule has 2 N–H and O–H groups in total. The van der Waals surface area contributed by atoms with Gasteiger partial charge in [0.1, 0.15) is 6.29 Å². The summed E-state index contributed by atoms with van der Waals surface area (Å²) in [6.07, 6.45) is 0.626. The fourth-order valence-corrected chi connectivity index (χ4v) is 0.285. The summed E-state index contributed by atoms with van der Waals surface area (Å²) in [5.41, 5.74) is 0.414. The van der Waals surface area contributed by atoms with E-state index < -0.39 is 5.97 Å². The Morgan fingerprint density at radius 1 is 1.47 bits per heavy atom. The predicted molar refractivity (Wildman–Crippen MR) is 56.4 cm³/mol. The molecule has 1 amide bonds. The van der Waals surface area contributed by atoms with Gasteiger partial charge in [-0.25, -0.2) is 0 Å². The molecule has 0 aliphatic heterocycles. The van der Waals surface area contributed by atoms with Crippen molar-refractivity contribution in [1.29, 1.82) is 0 Å². The van der Waals surface area contributed by atoms with E-state index in [0.29, 0.717) is 11.9 Å². The van der Waals surface area contributed by atoms with Crippen molar-refractivity contribution in [1.82, 2.24) is 5.32 Å². The van der Waals surface area contributed by atoms with Crippen LogP contribution in [0.5, 0.6) is 0 Å². The molecule has 0 heterocycles. The van der Waals surface area contributed by atoms with E-state index in [1.165, 1.54) is 0 Å². The van der Waals surface area contributed by atoms with Crippen LogP contribution in [0.4, 0.5) is 0 Å². The third-order valence-electron chi connectivity index (χ3n) is 1.23. The van der Waals surface area contributed by atoms with Crippen molar-refractivity contribution in [2.45, 2.75) is 20.8 Å². The highest BCUT2D eigenvalue weighted by molar-refractivity contribution is 5.93. The molecule has 0 aromatic carbocycles. The van der Waals surface area contributed by atoms with E-state index in [4.69, 9.17) is 5.11 Å². The zero-order valence-corrected chi connectivity index (χ0v) is 9.24. The normalized spacial score (nSPS) is 8.53. The highest BCUT2D eigenvalue weighted by Crippen LogP contribution is 1.87. The molecule has 0 aromatic rings. The van der Waals surface area contributed by atoms with Crippen molar-refractivity contribution in [3.05, 3.63) is 12.2 Å². The monoisotopic (exact) mass is 215 g/mol. The molecule has 15 heavy (non-hydrogen) atoms. The molecule has 0 saturated heterocycles. The fraction of sp³-hybridized carbons (Fsp3) is 0.500. The third-order valence-corrected chi connectivity index (χ3v) is 1.23. The van der Waals surface area contributed by atoms with Crippen LogP contribution in [0, 0.1) is 5.92 Å². The maximum Gasteiger partial charge on any atom is 0.305 e. The Balaban J connectivity index is 0. The lowest BCUT2D eigenvalue weighted by Gasteiger charge is -1.96. The highest BCUT2D eigenvalue weighted by atomic mass is 16.4. The standard InChI is InChI=1S/C6H9NO2.C4H8O2/c1-5(2)6(9)7-3-4-8;1-3(2)4(5)6/h4H,1,3H2,2H3,(H,7,9);3H,1-2H3,(H,5,6). The van der Waals surface area contributed by atoms with Gasteiger partial charge in [-0.1, -0.05) is 20.4 Å². The van der Waals surface area contributed by atoms with E-state index in [1.54, 1.807) is 20.8 Å². The van der Waals surface area contributed by atoms with Crippen molar-refractivity contribution in [2.24, 2.45) is 5.92 Å². The number of hydrogen-bond acceptors (Lipinski definition) is 3. The van der Waals surface area contributed by atoms with E-state index in [0.717, 1.165) is 0 Å². The molecule has 0 aliphatic carbocycles. The fourth-order valence-electron chi connectivity index (χ4n) is 0.285. The summed E-state index contributed by atoms with van der Waals surface area (Å²) < 4.78 is 0. The number of carboxylic acids is 1. The maximum atomic E-state index is 10.5. The molecule has 0 bridgehead atoms. The van der Waals surface area contributed by atoms with Gasteiger partial charge >= 0.3 is 5.97 Å². The van der Waals surface area contributed by atoms with Crippen LogP contribution in [0.2, 0.25) is 0 Å². The Hall–Kier alpha value is -1.65. The first-order valence-electron chi connectivity index (χ1n) is 4.43. The summed E-state index contributed by atoms with van der Waals surface area (Å²) in [6.45, 7) is 8.31. The first-order valence-corrected chi connectivity index (χ1v) is 4.43. The van der Waals surface area contributed by atoms with E-state index >= 15 is 0 Å². The summed E-state index contributed by atoms with van der Waals surface area (Å²) in [5.74, 6) is -1.25. The SMILES string of the molecule is C=C(C)C(=O)NCC=O.CC(C)C(=O)O. The van der Waals surface area contributed by atoms with E-state index in [1.807, 2.05) is 0 Å². The van der Waals surface area contributed by atoms with Gasteiger partial charge in [-0.2, -0.15) is 0 Å². The third kappa shape index (κ3) is 12.4. The molecular weight excluding hydrogens is 198 g/mol. The summed E-state index contributed by atoms with van der Waals surface area (Å²) in [7, 11) is 0. The van der Waals surface area contributed by atoms with Crippen molar-refractivity contribution < 1.29 is 19.5 Å². The number of nitrogens with one attached hydrogen (secondary N) is 1. The van der Waals surface area contributed by atoms with Crippen LogP contribution in [-0.4, -0.2) is 29.8 Å². The molecule has 5 nitrogen and oxygen atoms in total. The lowest BCUT2D eigenvalue weighted by molar-refractivity contribution is -0.140. The van der Waals surface area contributed by atoms with Gasteiger partial charge in [-0.15, -0.1) is 0 Å². The minimum Gasteiger partial charge on any atom is -0.481 e. The van der Waals surface area contributed by atoms with Crippen LogP contribution < -0.4 is 5.32 Å². The molecule has 0 fully saturated rings. The van der Waals surface area contributed by atoms with E-state index in [2.05, 4.69) is 11.9 Å². The first kappa shape index (κ1) is 15.8. The van der Waals surface area contributed by atoms with Gasteiger partial charge in [-0.3, -0.25) is 9.59 Å². The zero-order valence-electron chi connectivity index (χ0n) is 9.24. The van der Waals surface area contributed by atoms with Crippen molar-refractivity contribution in [3.63, 3.8) is 0 Å². The topological polar surface area (TPSA) is 83.5 Å². The second-order valence-corrected chi connectivity index (χ2v) is 3.15. The Morgan fingerprint density at radius 2 is 1.87 bits per heavy atom. The summed E-state index contributed by atoms with van der Waals surface area (Å²) in [4.78, 5) is 29.9. The number of aliphatic carboxylic acids is 1. The Kier molecular flexibility index (Phi) is 9.41. The minimum atomic E-state index is -0.741. The molecule has 5 heteroatoms. The summed E-state index contributed by atoms with van der Waals surface area (Å²) >= 11 is 0. The summed E-state index contributed by atoms with van der Waals surface area (Å²) in [5, 5.41) is 10.3. The first-order chi connectivity index (χ1) is 6.82. The Bertz CT molecular complexity index is 246. The molecule has 0 rings (SSSR count). The lowest BCUT2D eigenvalue weighted by atomic mass is 10.2. The van der Waals surface area contributed by atoms with Crippen LogP contribution >= 0.6 is 0 Å². The van der Waals surface area contributed by atoms with Gasteiger partial charge in [-0.05, 0) is 6.92 Å². The minimum absolute atomic E-state index is 0.0612. The molecule has 0 radical (unpaired) electrons. The van der Waals surface area contributed by atoms with Gasteiger partial charge in [0, 0.05) is 5.57 Å². The van der Waals surface area contributed by atoms with Crippen molar-refractivity contribution in [3.8, 4) is 0 Å². The Morgan fingerprint density at radius 3 is 2.07 bits per heavy atom. The smallest absolute Gasteiger partial charge is 0.305 e. The number of rotatable bonds is 4. The molecule has 86 valence electrons. The zero-order chi connectivity index (χ0) is 12.4.